The Hall–Kier alpha value is -1.03. The van der Waals surface area contributed by atoms with Gasteiger partial charge in [0.15, 0.2) is 5.96 Å². The highest BCUT2D eigenvalue weighted by molar-refractivity contribution is 7.90. The molecule has 28 heavy (non-hydrogen) atoms. The second-order valence-corrected chi connectivity index (χ2v) is 10.2. The largest absolute Gasteiger partial charge is 0.511 e. The van der Waals surface area contributed by atoms with Crippen molar-refractivity contribution < 1.29 is 21.6 Å². The highest BCUT2D eigenvalue weighted by atomic mass is 32.2. The van der Waals surface area contributed by atoms with Crippen LogP contribution in [0.4, 0.5) is 13.2 Å². The van der Waals surface area contributed by atoms with E-state index in [1.807, 2.05) is 7.05 Å². The molecule has 1 heterocycles. The van der Waals surface area contributed by atoms with E-state index in [-0.39, 0.29) is 19.0 Å². The molecule has 0 aromatic heterocycles. The lowest BCUT2D eigenvalue weighted by Gasteiger charge is -2.33. The molecule has 164 valence electrons. The van der Waals surface area contributed by atoms with E-state index in [1.54, 1.807) is 7.05 Å². The molecule has 0 aromatic rings. The molecule has 0 aromatic carbocycles. The number of alkyl halides is 3. The number of halogens is 3. The Kier molecular flexibility index (Phi) is 8.01. The molecule has 6 nitrogen and oxygen atoms in total. The van der Waals surface area contributed by atoms with Gasteiger partial charge in [-0.1, -0.05) is 19.8 Å². The summed E-state index contributed by atoms with van der Waals surface area (Å²) in [5.41, 5.74) is -5.22. The first-order valence-corrected chi connectivity index (χ1v) is 11.5. The van der Waals surface area contributed by atoms with E-state index >= 15 is 0 Å². The Morgan fingerprint density at radius 1 is 1.11 bits per heavy atom. The summed E-state index contributed by atoms with van der Waals surface area (Å²) in [6, 6.07) is 0. The number of nitrogens with one attached hydrogen (secondary N) is 1. The van der Waals surface area contributed by atoms with E-state index in [0.29, 0.717) is 29.6 Å². The Bertz CT molecular complexity index is 623. The van der Waals surface area contributed by atoms with Gasteiger partial charge in [0.2, 0.25) is 0 Å². The molecular weight excluding hydrogens is 393 g/mol. The zero-order chi connectivity index (χ0) is 20.9. The zero-order valence-electron chi connectivity index (χ0n) is 17.0. The van der Waals surface area contributed by atoms with Crippen molar-refractivity contribution in [2.24, 2.45) is 22.7 Å². The number of nitrogens with zero attached hydrogens (tertiary/aromatic N) is 3. The van der Waals surface area contributed by atoms with Crippen molar-refractivity contribution in [1.82, 2.24) is 14.5 Å². The summed E-state index contributed by atoms with van der Waals surface area (Å²) in [4.78, 5) is 6.43. The Balaban J connectivity index is 1.77. The molecular formula is C18H33F3N4O2S. The monoisotopic (exact) mass is 426 g/mol. The normalized spacial score (nSPS) is 26.3. The van der Waals surface area contributed by atoms with Crippen molar-refractivity contribution in [3.8, 4) is 0 Å². The number of aliphatic imine (C=N–C) groups is 1. The first kappa shape index (κ1) is 23.3. The highest BCUT2D eigenvalue weighted by Gasteiger charge is 2.50. The first-order chi connectivity index (χ1) is 13.0. The third kappa shape index (κ3) is 5.98. The van der Waals surface area contributed by atoms with E-state index in [1.165, 1.54) is 25.7 Å². The van der Waals surface area contributed by atoms with Gasteiger partial charge in [0.1, 0.15) is 0 Å². The van der Waals surface area contributed by atoms with Crippen LogP contribution in [0, 0.1) is 17.8 Å². The van der Waals surface area contributed by atoms with Crippen LogP contribution in [-0.2, 0) is 10.0 Å². The molecule has 1 aliphatic heterocycles. The van der Waals surface area contributed by atoms with Crippen LogP contribution in [-0.4, -0.2) is 69.4 Å². The fourth-order valence-electron chi connectivity index (χ4n) is 4.11. The number of rotatable bonds is 5. The van der Waals surface area contributed by atoms with E-state index in [4.69, 9.17) is 0 Å². The van der Waals surface area contributed by atoms with Gasteiger partial charge in [0.05, 0.1) is 0 Å². The summed E-state index contributed by atoms with van der Waals surface area (Å²) >= 11 is 0. The standard InChI is InChI=1S/C18H33F3N4O2S/c1-14-4-6-16(7-5-14)13-24(3)17(22-2)23-12-15-8-10-25(11-9-15)28(26,27)18(19,20)21/h14-16H,4-13H2,1-3H3,(H,22,23). The molecule has 0 spiro atoms. The van der Waals surface area contributed by atoms with Crippen molar-refractivity contribution in [2.45, 2.75) is 51.0 Å². The van der Waals surface area contributed by atoms with Crippen LogP contribution in [0.5, 0.6) is 0 Å². The Morgan fingerprint density at radius 2 is 1.68 bits per heavy atom. The summed E-state index contributed by atoms with van der Waals surface area (Å²) in [5.74, 6) is 2.38. The summed E-state index contributed by atoms with van der Waals surface area (Å²) in [6.45, 7) is 3.63. The summed E-state index contributed by atoms with van der Waals surface area (Å²) in [7, 11) is -1.48. The van der Waals surface area contributed by atoms with E-state index in [0.717, 1.165) is 18.4 Å². The minimum atomic E-state index is -5.22. The molecule has 1 saturated heterocycles. The lowest BCUT2D eigenvalue weighted by atomic mass is 9.83. The van der Waals surface area contributed by atoms with Gasteiger partial charge in [-0.15, -0.1) is 0 Å². The molecule has 1 N–H and O–H groups in total. The van der Waals surface area contributed by atoms with Crippen molar-refractivity contribution in [3.63, 3.8) is 0 Å². The molecule has 0 radical (unpaired) electrons. The number of sulfonamides is 1. The van der Waals surface area contributed by atoms with Crippen LogP contribution in [0.2, 0.25) is 0 Å². The fourth-order valence-corrected chi connectivity index (χ4v) is 5.09. The van der Waals surface area contributed by atoms with E-state index < -0.39 is 15.5 Å². The third-order valence-corrected chi connectivity index (χ3v) is 7.63. The summed E-state index contributed by atoms with van der Waals surface area (Å²) in [6.07, 6.45) is 5.81. The molecule has 0 bridgehead atoms. The van der Waals surface area contributed by atoms with Crippen molar-refractivity contribution in [3.05, 3.63) is 0 Å². The number of guanidine groups is 1. The fraction of sp³-hybridized carbons (Fsp3) is 0.944. The van der Waals surface area contributed by atoms with Gasteiger partial charge < -0.3 is 10.2 Å². The van der Waals surface area contributed by atoms with Gasteiger partial charge in [-0.3, -0.25) is 4.99 Å². The van der Waals surface area contributed by atoms with Crippen LogP contribution >= 0.6 is 0 Å². The van der Waals surface area contributed by atoms with Crippen molar-refractivity contribution >= 4 is 16.0 Å². The predicted octanol–water partition coefficient (Wildman–Crippen LogP) is 2.88. The Morgan fingerprint density at radius 3 is 2.18 bits per heavy atom. The maximum Gasteiger partial charge on any atom is 0.511 e. The van der Waals surface area contributed by atoms with Crippen LogP contribution in [0.15, 0.2) is 4.99 Å². The number of hydrogen-bond donors (Lipinski definition) is 1. The topological polar surface area (TPSA) is 65.0 Å². The number of piperidine rings is 1. The minimum absolute atomic E-state index is 0.0944. The third-order valence-electron chi connectivity index (χ3n) is 6.00. The minimum Gasteiger partial charge on any atom is -0.356 e. The van der Waals surface area contributed by atoms with Gasteiger partial charge in [0.25, 0.3) is 0 Å². The smallest absolute Gasteiger partial charge is 0.356 e. The van der Waals surface area contributed by atoms with Crippen LogP contribution in [0.3, 0.4) is 0 Å². The van der Waals surface area contributed by atoms with Gasteiger partial charge in [0, 0.05) is 40.3 Å². The van der Waals surface area contributed by atoms with E-state index in [9.17, 15) is 21.6 Å². The SMILES string of the molecule is CN=C(NCC1CCN(S(=O)(=O)C(F)(F)F)CC1)N(C)CC1CCC(C)CC1. The molecule has 2 rings (SSSR count). The first-order valence-electron chi connectivity index (χ1n) is 10.0. The van der Waals surface area contributed by atoms with Crippen molar-refractivity contribution in [1.29, 1.82) is 0 Å². The second-order valence-electron chi connectivity index (χ2n) is 8.23. The lowest BCUT2D eigenvalue weighted by molar-refractivity contribution is -0.0496. The summed E-state index contributed by atoms with van der Waals surface area (Å²) < 4.78 is 61.5. The molecule has 0 amide bonds. The van der Waals surface area contributed by atoms with Gasteiger partial charge in [-0.05, 0) is 43.4 Å². The maximum absolute atomic E-state index is 12.7. The lowest BCUT2D eigenvalue weighted by Crippen LogP contribution is -2.48. The second kappa shape index (κ2) is 9.65. The van der Waals surface area contributed by atoms with Gasteiger partial charge in [-0.25, -0.2) is 8.42 Å². The summed E-state index contributed by atoms with van der Waals surface area (Å²) in [5, 5.41) is 3.31. The maximum atomic E-state index is 12.7. The molecule has 0 unspecified atom stereocenters. The van der Waals surface area contributed by atoms with E-state index in [2.05, 4.69) is 22.1 Å². The quantitative estimate of drug-likeness (QED) is 0.542. The molecule has 1 aliphatic carbocycles. The van der Waals surface area contributed by atoms with Crippen LogP contribution in [0.1, 0.15) is 45.4 Å². The number of hydrogen-bond acceptors (Lipinski definition) is 3. The van der Waals surface area contributed by atoms with Crippen LogP contribution in [0.25, 0.3) is 0 Å². The molecule has 2 fully saturated rings. The molecule has 1 saturated carbocycles. The average molecular weight is 427 g/mol. The van der Waals surface area contributed by atoms with Crippen molar-refractivity contribution in [2.75, 3.05) is 40.3 Å². The van der Waals surface area contributed by atoms with Gasteiger partial charge in [-0.2, -0.15) is 17.5 Å². The Labute approximate surface area is 166 Å². The highest BCUT2D eigenvalue weighted by Crippen LogP contribution is 2.30. The average Bonchev–Trinajstić information content (AvgIpc) is 2.63. The molecule has 2 aliphatic rings. The zero-order valence-corrected chi connectivity index (χ0v) is 17.8. The predicted molar refractivity (Wildman–Crippen MR) is 104 cm³/mol. The van der Waals surface area contributed by atoms with Crippen LogP contribution < -0.4 is 5.32 Å². The van der Waals surface area contributed by atoms with Gasteiger partial charge >= 0.3 is 15.5 Å². The molecule has 10 heteroatoms. The molecule has 0 atom stereocenters.